The highest BCUT2D eigenvalue weighted by Crippen LogP contribution is 2.48. The zero-order chi connectivity index (χ0) is 39.8. The van der Waals surface area contributed by atoms with E-state index in [1.807, 2.05) is 0 Å². The van der Waals surface area contributed by atoms with Crippen molar-refractivity contribution in [2.75, 3.05) is 0 Å². The van der Waals surface area contributed by atoms with Gasteiger partial charge in [0.2, 0.25) is 0 Å². The lowest BCUT2D eigenvalue weighted by atomic mass is 10.0. The largest absolute Gasteiger partial charge is 0.309 e. The first-order valence-corrected chi connectivity index (χ1v) is 21.6. The molecule has 14 aromatic rings. The Kier molecular flexibility index (Phi) is 6.68. The molecule has 0 aliphatic carbocycles. The third-order valence-corrected chi connectivity index (χ3v) is 14.0. The Morgan fingerprint density at radius 2 is 1.03 bits per heavy atom. The Labute approximate surface area is 353 Å². The van der Waals surface area contributed by atoms with Gasteiger partial charge < -0.3 is 8.97 Å². The maximum atomic E-state index is 5.37. The second kappa shape index (κ2) is 12.3. The third kappa shape index (κ3) is 4.58. The molecule has 0 spiro atoms. The Bertz CT molecular complexity index is 4080. The summed E-state index contributed by atoms with van der Waals surface area (Å²) in [7, 11) is 0. The van der Waals surface area contributed by atoms with Gasteiger partial charge in [-0.25, -0.2) is 9.97 Å². The number of benzene rings is 9. The summed E-state index contributed by atoms with van der Waals surface area (Å²) in [5, 5.41) is 11.3. The molecule has 0 bridgehead atoms. The van der Waals surface area contributed by atoms with Gasteiger partial charge in [-0.1, -0.05) is 146 Å². The van der Waals surface area contributed by atoms with Crippen molar-refractivity contribution in [1.82, 2.24) is 18.9 Å². The molecule has 0 saturated heterocycles. The summed E-state index contributed by atoms with van der Waals surface area (Å²) in [6, 6.07) is 70.4. The van der Waals surface area contributed by atoms with Gasteiger partial charge in [-0.2, -0.15) is 0 Å². The normalized spacial score (nSPS) is 12.3. The van der Waals surface area contributed by atoms with Gasteiger partial charge in [0.15, 0.2) is 5.82 Å². The first-order valence-electron chi connectivity index (χ1n) is 20.7. The monoisotopic (exact) mass is 792 g/mol. The van der Waals surface area contributed by atoms with Gasteiger partial charge in [0.05, 0.1) is 43.5 Å². The van der Waals surface area contributed by atoms with Crippen molar-refractivity contribution in [3.05, 3.63) is 194 Å². The topological polar surface area (TPSA) is 35.1 Å². The van der Waals surface area contributed by atoms with Gasteiger partial charge in [-0.05, 0) is 65.0 Å². The lowest BCUT2D eigenvalue weighted by Gasteiger charge is -2.12. The molecule has 0 aliphatic heterocycles. The van der Waals surface area contributed by atoms with Crippen molar-refractivity contribution in [2.24, 2.45) is 0 Å². The molecule has 61 heavy (non-hydrogen) atoms. The maximum Gasteiger partial charge on any atom is 0.160 e. The van der Waals surface area contributed by atoms with Crippen LogP contribution in [0.15, 0.2) is 194 Å². The fraction of sp³-hybridized carbons (Fsp3) is 0. The molecule has 0 aliphatic rings. The van der Waals surface area contributed by atoms with Crippen molar-refractivity contribution < 1.29 is 0 Å². The van der Waals surface area contributed by atoms with Gasteiger partial charge in [0, 0.05) is 64.6 Å². The number of hydrogen-bond acceptors (Lipinski definition) is 3. The highest BCUT2D eigenvalue weighted by atomic mass is 32.1. The van der Waals surface area contributed by atoms with Crippen LogP contribution < -0.4 is 0 Å². The molecule has 5 aromatic heterocycles. The van der Waals surface area contributed by atoms with Crippen LogP contribution in [0.3, 0.4) is 0 Å². The van der Waals surface area contributed by atoms with E-state index in [1.165, 1.54) is 86.5 Å². The Balaban J connectivity index is 1.01. The van der Waals surface area contributed by atoms with E-state index in [-0.39, 0.29) is 0 Å². The summed E-state index contributed by atoms with van der Waals surface area (Å²) in [6.07, 6.45) is 0. The van der Waals surface area contributed by atoms with Crippen LogP contribution in [0.25, 0.3) is 130 Å². The van der Waals surface area contributed by atoms with Crippen LogP contribution in [0, 0.1) is 0 Å². The van der Waals surface area contributed by atoms with Gasteiger partial charge >= 0.3 is 0 Å². The van der Waals surface area contributed by atoms with E-state index < -0.39 is 0 Å². The van der Waals surface area contributed by atoms with Crippen LogP contribution >= 0.6 is 11.3 Å². The van der Waals surface area contributed by atoms with Gasteiger partial charge in [0.1, 0.15) is 0 Å². The lowest BCUT2D eigenvalue weighted by molar-refractivity contribution is 1.18. The van der Waals surface area contributed by atoms with E-state index in [9.17, 15) is 0 Å². The van der Waals surface area contributed by atoms with E-state index in [1.54, 1.807) is 11.3 Å². The van der Waals surface area contributed by atoms with Gasteiger partial charge in [0.25, 0.3) is 0 Å². The minimum Gasteiger partial charge on any atom is -0.309 e. The minimum atomic E-state index is 0.719. The molecule has 5 heterocycles. The molecule has 9 aromatic carbocycles. The predicted octanol–water partition coefficient (Wildman–Crippen LogP) is 15.2. The van der Waals surface area contributed by atoms with Gasteiger partial charge in [-0.15, -0.1) is 11.3 Å². The fourth-order valence-corrected chi connectivity index (χ4v) is 11.3. The number of thiophene rings is 1. The van der Waals surface area contributed by atoms with Crippen LogP contribution in [0.2, 0.25) is 0 Å². The molecule has 0 atom stereocenters. The van der Waals surface area contributed by atoms with E-state index in [4.69, 9.17) is 9.97 Å². The molecule has 5 heteroatoms. The molecule has 0 amide bonds. The van der Waals surface area contributed by atoms with Crippen molar-refractivity contribution in [3.8, 4) is 39.5 Å². The van der Waals surface area contributed by atoms with Crippen molar-refractivity contribution in [3.63, 3.8) is 0 Å². The number of nitrogens with zero attached hydrogens (tertiary/aromatic N) is 4. The highest BCUT2D eigenvalue weighted by molar-refractivity contribution is 7.26. The molecule has 0 N–H and O–H groups in total. The Morgan fingerprint density at radius 1 is 0.393 bits per heavy atom. The number of para-hydroxylation sites is 2. The predicted molar refractivity (Wildman–Crippen MR) is 258 cm³/mol. The first-order chi connectivity index (χ1) is 30.3. The Hall–Kier alpha value is -7.86. The number of fused-ring (bicyclic) bond motifs is 15. The SMILES string of the molecule is c1ccc(-c2ccc(-c3nc(-c4ccc(-n5c6cc7c8ccccc8n8c9ccccc9c(c6c6ccc9ccccc9c65)c78)cc4)nc4c3sc3ccccc34)cc2)cc1. The molecule has 0 radical (unpaired) electrons. The second-order valence-corrected chi connectivity index (χ2v) is 17.1. The number of hydrogen-bond donors (Lipinski definition) is 0. The van der Waals surface area contributed by atoms with Crippen LogP contribution in [-0.4, -0.2) is 18.9 Å². The van der Waals surface area contributed by atoms with Crippen molar-refractivity contribution in [2.45, 2.75) is 0 Å². The van der Waals surface area contributed by atoms with Crippen LogP contribution in [0.1, 0.15) is 0 Å². The average molecular weight is 793 g/mol. The molecular formula is C56H32N4S. The maximum absolute atomic E-state index is 5.37. The Morgan fingerprint density at radius 3 is 1.85 bits per heavy atom. The summed E-state index contributed by atoms with van der Waals surface area (Å²) < 4.78 is 7.29. The number of aromatic nitrogens is 4. The average Bonchev–Trinajstić information content (AvgIpc) is 4.07. The smallest absolute Gasteiger partial charge is 0.160 e. The zero-order valence-electron chi connectivity index (χ0n) is 32.7. The van der Waals surface area contributed by atoms with Crippen molar-refractivity contribution in [1.29, 1.82) is 0 Å². The van der Waals surface area contributed by atoms with Gasteiger partial charge in [-0.3, -0.25) is 0 Å². The quantitative estimate of drug-likeness (QED) is 0.178. The standard InChI is InChI=1S/C56H32N4S/c1-2-12-33(13-3-1)34-22-24-36(25-23-34)51-55-52(42-18-8-11-21-48(42)61-55)58-56(57-51)37-26-29-38(30-27-37)59-47-32-44-40-16-6-9-19-45(40)60-46-20-10-7-17-41(46)50(54(44)60)49(47)43-31-28-35-14-4-5-15-39(35)53(43)59/h1-32H. The molecule has 282 valence electrons. The van der Waals surface area contributed by atoms with Crippen LogP contribution in [-0.2, 0) is 0 Å². The molecule has 0 saturated carbocycles. The number of rotatable bonds is 4. The van der Waals surface area contributed by atoms with Crippen LogP contribution in [0.4, 0.5) is 0 Å². The first kappa shape index (κ1) is 33.0. The second-order valence-electron chi connectivity index (χ2n) is 16.1. The van der Waals surface area contributed by atoms with Crippen LogP contribution in [0.5, 0.6) is 0 Å². The molecule has 0 unspecified atom stereocenters. The van der Waals surface area contributed by atoms with E-state index >= 15 is 0 Å². The van der Waals surface area contributed by atoms with E-state index in [2.05, 4.69) is 203 Å². The summed E-state index contributed by atoms with van der Waals surface area (Å²) in [6.45, 7) is 0. The summed E-state index contributed by atoms with van der Waals surface area (Å²) >= 11 is 1.77. The molecular weight excluding hydrogens is 761 g/mol. The summed E-state index contributed by atoms with van der Waals surface area (Å²) in [4.78, 5) is 10.7. The fourth-order valence-electron chi connectivity index (χ4n) is 10.2. The molecule has 0 fully saturated rings. The highest BCUT2D eigenvalue weighted by Gasteiger charge is 2.25. The molecule has 14 rings (SSSR count). The zero-order valence-corrected chi connectivity index (χ0v) is 33.5. The third-order valence-electron chi connectivity index (χ3n) is 12.9. The van der Waals surface area contributed by atoms with E-state index in [0.717, 1.165) is 43.9 Å². The van der Waals surface area contributed by atoms with E-state index in [0.29, 0.717) is 0 Å². The lowest BCUT2D eigenvalue weighted by Crippen LogP contribution is -1.96. The minimum absolute atomic E-state index is 0.719. The summed E-state index contributed by atoms with van der Waals surface area (Å²) in [5.74, 6) is 0.719. The van der Waals surface area contributed by atoms with Crippen molar-refractivity contribution >= 4 is 102 Å². The summed E-state index contributed by atoms with van der Waals surface area (Å²) in [5.41, 5.74) is 13.7. The molecule has 4 nitrogen and oxygen atoms in total.